The van der Waals surface area contributed by atoms with Crippen LogP contribution < -0.4 is 10.2 Å². The van der Waals surface area contributed by atoms with E-state index in [4.69, 9.17) is 0 Å². The van der Waals surface area contributed by atoms with Crippen LogP contribution in [0.4, 0.5) is 11.4 Å². The van der Waals surface area contributed by atoms with Crippen LogP contribution in [-0.2, 0) is 0 Å². The molecule has 2 rings (SSSR count). The first kappa shape index (κ1) is 12.0. The molecule has 17 heavy (non-hydrogen) atoms. The van der Waals surface area contributed by atoms with Gasteiger partial charge < -0.3 is 10.2 Å². The third-order valence-electron chi connectivity index (χ3n) is 3.18. The predicted octanol–water partition coefficient (Wildman–Crippen LogP) is 2.58. The van der Waals surface area contributed by atoms with Gasteiger partial charge >= 0.3 is 0 Å². The van der Waals surface area contributed by atoms with E-state index < -0.39 is 0 Å². The number of rotatable bonds is 2. The summed E-state index contributed by atoms with van der Waals surface area (Å²) >= 11 is 0. The van der Waals surface area contributed by atoms with Gasteiger partial charge in [-0.05, 0) is 49.7 Å². The Morgan fingerprint density at radius 2 is 1.94 bits per heavy atom. The van der Waals surface area contributed by atoms with Gasteiger partial charge in [-0.2, -0.15) is 0 Å². The molecule has 4 nitrogen and oxygen atoms in total. The largest absolute Gasteiger partial charge is 0.368 e. The zero-order chi connectivity index (χ0) is 12.4. The molecule has 1 aromatic carbocycles. The highest BCUT2D eigenvalue weighted by atomic mass is 16.3. The molecule has 0 radical (unpaired) electrons. The number of nitrogens with zero attached hydrogens (tertiary/aromatic N) is 2. The van der Waals surface area contributed by atoms with E-state index in [1.54, 1.807) is 6.07 Å². The fraction of sp³-hybridized carbons (Fsp3) is 0.538. The summed E-state index contributed by atoms with van der Waals surface area (Å²) in [5.41, 5.74) is 2.82. The Balaban J connectivity index is 2.24. The Morgan fingerprint density at radius 3 is 2.47 bits per heavy atom. The molecule has 0 spiro atoms. The molecule has 0 unspecified atom stereocenters. The third kappa shape index (κ3) is 2.64. The van der Waals surface area contributed by atoms with Crippen molar-refractivity contribution in [1.82, 2.24) is 5.32 Å². The summed E-state index contributed by atoms with van der Waals surface area (Å²) in [4.78, 5) is 12.8. The minimum atomic E-state index is 0.488. The average molecular weight is 233 g/mol. The lowest BCUT2D eigenvalue weighted by atomic mass is 10.1. The second-order valence-corrected chi connectivity index (χ2v) is 4.94. The van der Waals surface area contributed by atoms with Crippen LogP contribution in [0.2, 0.25) is 0 Å². The van der Waals surface area contributed by atoms with Crippen molar-refractivity contribution in [3.8, 4) is 0 Å². The zero-order valence-corrected chi connectivity index (χ0v) is 10.6. The molecule has 2 atom stereocenters. The second-order valence-electron chi connectivity index (χ2n) is 4.94. The molecular weight excluding hydrogens is 214 g/mol. The number of anilines is 1. The fourth-order valence-corrected chi connectivity index (χ4v) is 2.57. The number of benzene rings is 1. The molecule has 1 heterocycles. The van der Waals surface area contributed by atoms with Crippen molar-refractivity contribution in [1.29, 1.82) is 0 Å². The van der Waals surface area contributed by atoms with Gasteiger partial charge in [0.15, 0.2) is 0 Å². The fourth-order valence-electron chi connectivity index (χ4n) is 2.57. The molecule has 0 bridgehead atoms. The van der Waals surface area contributed by atoms with Gasteiger partial charge in [0, 0.05) is 30.9 Å². The highest BCUT2D eigenvalue weighted by molar-refractivity contribution is 5.59. The lowest BCUT2D eigenvalue weighted by Gasteiger charge is -2.38. The molecular formula is C13H19N3O. The standard InChI is InChI=1S/C13H19N3O/c1-9-6-12(15-17)4-5-13(9)16-7-10(2)14-11(3)8-16/h4-6,10-11,14H,7-8H2,1-3H3/t10-,11+. The Labute approximate surface area is 102 Å². The minimum Gasteiger partial charge on any atom is -0.368 e. The smallest absolute Gasteiger partial charge is 0.108 e. The molecule has 4 heteroatoms. The van der Waals surface area contributed by atoms with Crippen LogP contribution in [0, 0.1) is 11.8 Å². The van der Waals surface area contributed by atoms with Crippen LogP contribution in [0.25, 0.3) is 0 Å². The highest BCUT2D eigenvalue weighted by Crippen LogP contribution is 2.26. The Bertz CT molecular complexity index is 409. The normalized spacial score (nSPS) is 24.8. The molecule has 1 fully saturated rings. The van der Waals surface area contributed by atoms with Gasteiger partial charge in [0.05, 0.1) is 0 Å². The maximum Gasteiger partial charge on any atom is 0.108 e. The summed E-state index contributed by atoms with van der Waals surface area (Å²) in [5.74, 6) is 0. The van der Waals surface area contributed by atoms with Gasteiger partial charge in [0.2, 0.25) is 0 Å². The zero-order valence-electron chi connectivity index (χ0n) is 10.6. The van der Waals surface area contributed by atoms with Crippen LogP contribution in [0.3, 0.4) is 0 Å². The minimum absolute atomic E-state index is 0.488. The van der Waals surface area contributed by atoms with Gasteiger partial charge in [-0.15, -0.1) is 4.91 Å². The molecule has 0 aromatic heterocycles. The van der Waals surface area contributed by atoms with Crippen LogP contribution in [0.15, 0.2) is 23.4 Å². The molecule has 1 aliphatic heterocycles. The molecule has 0 saturated carbocycles. The van der Waals surface area contributed by atoms with Gasteiger partial charge in [0.25, 0.3) is 0 Å². The number of piperazine rings is 1. The Kier molecular flexibility index (Phi) is 3.43. The average Bonchev–Trinajstić information content (AvgIpc) is 2.27. The number of nitrogens with one attached hydrogen (secondary N) is 1. The lowest BCUT2D eigenvalue weighted by Crippen LogP contribution is -2.54. The SMILES string of the molecule is Cc1cc(N=O)ccc1N1C[C@@H](C)N[C@@H](C)C1. The van der Waals surface area contributed by atoms with E-state index in [-0.39, 0.29) is 0 Å². The van der Waals surface area contributed by atoms with Crippen molar-refractivity contribution < 1.29 is 0 Å². The van der Waals surface area contributed by atoms with Crippen molar-refractivity contribution >= 4 is 11.4 Å². The third-order valence-corrected chi connectivity index (χ3v) is 3.18. The first-order valence-electron chi connectivity index (χ1n) is 6.05. The Morgan fingerprint density at radius 1 is 1.29 bits per heavy atom. The highest BCUT2D eigenvalue weighted by Gasteiger charge is 2.22. The first-order valence-corrected chi connectivity index (χ1v) is 6.05. The van der Waals surface area contributed by atoms with Crippen molar-refractivity contribution in [3.05, 3.63) is 28.7 Å². The summed E-state index contributed by atoms with van der Waals surface area (Å²) in [6, 6.07) is 6.60. The van der Waals surface area contributed by atoms with E-state index in [1.807, 2.05) is 19.1 Å². The second kappa shape index (κ2) is 4.84. The maximum atomic E-state index is 10.5. The summed E-state index contributed by atoms with van der Waals surface area (Å²) in [7, 11) is 0. The van der Waals surface area contributed by atoms with Crippen molar-refractivity contribution in [2.24, 2.45) is 5.18 Å². The van der Waals surface area contributed by atoms with Crippen molar-refractivity contribution in [2.75, 3.05) is 18.0 Å². The Hall–Kier alpha value is -1.42. The van der Waals surface area contributed by atoms with Crippen LogP contribution in [0.1, 0.15) is 19.4 Å². The molecule has 1 saturated heterocycles. The summed E-state index contributed by atoms with van der Waals surface area (Å²) in [6.07, 6.45) is 0. The van der Waals surface area contributed by atoms with Crippen LogP contribution in [-0.4, -0.2) is 25.2 Å². The van der Waals surface area contributed by atoms with Crippen molar-refractivity contribution in [2.45, 2.75) is 32.9 Å². The maximum absolute atomic E-state index is 10.5. The van der Waals surface area contributed by atoms with Crippen molar-refractivity contribution in [3.63, 3.8) is 0 Å². The van der Waals surface area contributed by atoms with E-state index in [0.29, 0.717) is 17.8 Å². The van der Waals surface area contributed by atoms with Gasteiger partial charge in [-0.1, -0.05) is 0 Å². The van der Waals surface area contributed by atoms with Gasteiger partial charge in [0.1, 0.15) is 5.69 Å². The molecule has 0 amide bonds. The van der Waals surface area contributed by atoms with E-state index in [9.17, 15) is 4.91 Å². The van der Waals surface area contributed by atoms with Crippen LogP contribution in [0.5, 0.6) is 0 Å². The van der Waals surface area contributed by atoms with E-state index in [2.05, 4.69) is 29.2 Å². The summed E-state index contributed by atoms with van der Waals surface area (Å²) < 4.78 is 0. The summed E-state index contributed by atoms with van der Waals surface area (Å²) in [6.45, 7) is 8.41. The number of hydrogen-bond donors (Lipinski definition) is 1. The van der Waals surface area contributed by atoms with E-state index in [1.165, 1.54) is 5.69 Å². The molecule has 92 valence electrons. The monoisotopic (exact) mass is 233 g/mol. The summed E-state index contributed by atoms with van der Waals surface area (Å²) in [5, 5.41) is 6.48. The van der Waals surface area contributed by atoms with Crippen LogP contribution >= 0.6 is 0 Å². The number of nitroso groups, excluding NO2 is 1. The number of aryl methyl sites for hydroxylation is 1. The topological polar surface area (TPSA) is 44.7 Å². The lowest BCUT2D eigenvalue weighted by molar-refractivity contribution is 0.407. The molecule has 1 aliphatic rings. The van der Waals surface area contributed by atoms with E-state index in [0.717, 1.165) is 18.7 Å². The van der Waals surface area contributed by atoms with E-state index >= 15 is 0 Å². The van der Waals surface area contributed by atoms with Gasteiger partial charge in [-0.3, -0.25) is 0 Å². The quantitative estimate of drug-likeness (QED) is 0.798. The molecule has 0 aliphatic carbocycles. The number of hydrogen-bond acceptors (Lipinski definition) is 4. The first-order chi connectivity index (χ1) is 8.10. The molecule has 1 aromatic rings. The predicted molar refractivity (Wildman–Crippen MR) is 70.9 cm³/mol. The van der Waals surface area contributed by atoms with Gasteiger partial charge in [-0.25, -0.2) is 0 Å². The molecule has 1 N–H and O–H groups in total.